The average Bonchev–Trinajstić information content (AvgIpc) is 2.93. The molecule has 2 nitrogen and oxygen atoms in total. The van der Waals surface area contributed by atoms with Crippen molar-refractivity contribution in [2.75, 3.05) is 13.2 Å². The molecule has 1 aliphatic heterocycles. The molecule has 0 radical (unpaired) electrons. The maximum atomic E-state index is 5.93. The third-order valence-electron chi connectivity index (χ3n) is 4.27. The van der Waals surface area contributed by atoms with Gasteiger partial charge in [-0.2, -0.15) is 0 Å². The van der Waals surface area contributed by atoms with E-state index in [0.717, 1.165) is 19.6 Å². The lowest BCUT2D eigenvalue weighted by molar-refractivity contribution is 0.101. The fourth-order valence-electron chi connectivity index (χ4n) is 2.96. The topological polar surface area (TPSA) is 35.2 Å². The Morgan fingerprint density at radius 2 is 2.21 bits per heavy atom. The van der Waals surface area contributed by atoms with Gasteiger partial charge in [0.2, 0.25) is 0 Å². The molecule has 0 amide bonds. The van der Waals surface area contributed by atoms with E-state index in [-0.39, 0.29) is 0 Å². The Morgan fingerprint density at radius 3 is 2.89 bits per heavy atom. The normalized spacial score (nSPS) is 20.6. The van der Waals surface area contributed by atoms with Crippen molar-refractivity contribution >= 4 is 0 Å². The second kappa shape index (κ2) is 7.66. The van der Waals surface area contributed by atoms with E-state index in [1.165, 1.54) is 43.2 Å². The first-order valence-electron chi connectivity index (χ1n) is 7.65. The summed E-state index contributed by atoms with van der Waals surface area (Å²) in [6, 6.07) is 8.66. The maximum absolute atomic E-state index is 5.93. The number of nitrogens with two attached hydrogens (primary N) is 1. The zero-order valence-corrected chi connectivity index (χ0v) is 12.1. The van der Waals surface area contributed by atoms with Crippen LogP contribution in [0, 0.1) is 12.8 Å². The molecular weight excluding hydrogens is 234 g/mol. The molecule has 0 spiro atoms. The lowest BCUT2D eigenvalue weighted by atomic mass is 9.91. The Hall–Kier alpha value is -0.860. The molecular formula is C17H27NO. The largest absolute Gasteiger partial charge is 0.378 e. The molecule has 2 unspecified atom stereocenters. The van der Waals surface area contributed by atoms with Gasteiger partial charge in [-0.25, -0.2) is 0 Å². The van der Waals surface area contributed by atoms with Crippen molar-refractivity contribution in [1.29, 1.82) is 0 Å². The number of rotatable bonds is 7. The number of benzene rings is 1. The van der Waals surface area contributed by atoms with E-state index < -0.39 is 0 Å². The van der Waals surface area contributed by atoms with Crippen LogP contribution < -0.4 is 5.73 Å². The molecule has 1 aromatic rings. The quantitative estimate of drug-likeness (QED) is 0.816. The molecule has 1 aromatic carbocycles. The minimum absolute atomic E-state index is 0.525. The predicted octanol–water partition coefficient (Wildman–Crippen LogP) is 3.46. The zero-order chi connectivity index (χ0) is 13.5. The van der Waals surface area contributed by atoms with Crippen molar-refractivity contribution in [2.45, 2.75) is 51.6 Å². The smallest absolute Gasteiger partial charge is 0.0576 e. The molecule has 2 atom stereocenters. The van der Waals surface area contributed by atoms with E-state index in [4.69, 9.17) is 10.5 Å². The third-order valence-corrected chi connectivity index (χ3v) is 4.27. The molecule has 2 N–H and O–H groups in total. The highest BCUT2D eigenvalue weighted by molar-refractivity contribution is 5.25. The summed E-state index contributed by atoms with van der Waals surface area (Å²) in [5.74, 6) is 0.613. The third kappa shape index (κ3) is 4.63. The van der Waals surface area contributed by atoms with Crippen molar-refractivity contribution < 1.29 is 4.74 Å². The Morgan fingerprint density at radius 1 is 1.37 bits per heavy atom. The van der Waals surface area contributed by atoms with Gasteiger partial charge in [-0.3, -0.25) is 0 Å². The van der Waals surface area contributed by atoms with Crippen molar-refractivity contribution in [2.24, 2.45) is 11.7 Å². The van der Waals surface area contributed by atoms with Crippen LogP contribution in [0.1, 0.15) is 43.2 Å². The molecule has 0 saturated carbocycles. The van der Waals surface area contributed by atoms with Crippen LogP contribution in [0.4, 0.5) is 0 Å². The number of hydrogen-bond acceptors (Lipinski definition) is 2. The molecule has 0 aliphatic carbocycles. The molecule has 2 heteroatoms. The molecule has 19 heavy (non-hydrogen) atoms. The zero-order valence-electron chi connectivity index (χ0n) is 12.1. The number of ether oxygens (including phenoxy) is 1. The summed E-state index contributed by atoms with van der Waals surface area (Å²) >= 11 is 0. The fraction of sp³-hybridized carbons (Fsp3) is 0.647. The Balaban J connectivity index is 1.75. The van der Waals surface area contributed by atoms with Crippen LogP contribution in [-0.4, -0.2) is 19.3 Å². The van der Waals surface area contributed by atoms with E-state index in [9.17, 15) is 0 Å². The summed E-state index contributed by atoms with van der Waals surface area (Å²) in [6.45, 7) is 3.95. The highest BCUT2D eigenvalue weighted by atomic mass is 16.5. The monoisotopic (exact) mass is 261 g/mol. The minimum atomic E-state index is 0.525. The minimum Gasteiger partial charge on any atom is -0.378 e. The molecule has 1 aliphatic rings. The van der Waals surface area contributed by atoms with Gasteiger partial charge in [0, 0.05) is 6.61 Å². The van der Waals surface area contributed by atoms with E-state index in [1.807, 2.05) is 0 Å². The molecule has 106 valence electrons. The number of aryl methyl sites for hydroxylation is 1. The van der Waals surface area contributed by atoms with Crippen molar-refractivity contribution in [3.8, 4) is 0 Å². The summed E-state index contributed by atoms with van der Waals surface area (Å²) in [5.41, 5.74) is 8.78. The Bertz CT molecular complexity index is 371. The summed E-state index contributed by atoms with van der Waals surface area (Å²) in [5, 5.41) is 0. The first-order valence-corrected chi connectivity index (χ1v) is 7.65. The van der Waals surface area contributed by atoms with E-state index in [0.29, 0.717) is 12.0 Å². The maximum Gasteiger partial charge on any atom is 0.0576 e. The second-order valence-electron chi connectivity index (χ2n) is 5.80. The fourth-order valence-corrected chi connectivity index (χ4v) is 2.96. The molecule has 0 aromatic heterocycles. The molecule has 2 rings (SSSR count). The summed E-state index contributed by atoms with van der Waals surface area (Å²) in [6.07, 6.45) is 7.83. The van der Waals surface area contributed by atoms with Crippen molar-refractivity contribution in [3.05, 3.63) is 35.4 Å². The van der Waals surface area contributed by atoms with E-state index in [2.05, 4.69) is 31.2 Å². The van der Waals surface area contributed by atoms with Gasteiger partial charge >= 0.3 is 0 Å². The van der Waals surface area contributed by atoms with E-state index in [1.54, 1.807) is 0 Å². The van der Waals surface area contributed by atoms with Gasteiger partial charge in [-0.1, -0.05) is 30.7 Å². The molecule has 1 heterocycles. The Labute approximate surface area is 117 Å². The first-order chi connectivity index (χ1) is 9.29. The highest BCUT2D eigenvalue weighted by Crippen LogP contribution is 2.21. The van der Waals surface area contributed by atoms with Gasteiger partial charge in [0.15, 0.2) is 0 Å². The van der Waals surface area contributed by atoms with Crippen LogP contribution in [0.25, 0.3) is 0 Å². The molecule has 1 fully saturated rings. The van der Waals surface area contributed by atoms with Crippen LogP contribution in [0.3, 0.4) is 0 Å². The van der Waals surface area contributed by atoms with Crippen LogP contribution >= 0.6 is 0 Å². The van der Waals surface area contributed by atoms with Gasteiger partial charge in [0.25, 0.3) is 0 Å². The first kappa shape index (κ1) is 14.5. The highest BCUT2D eigenvalue weighted by Gasteiger charge is 2.16. The lowest BCUT2D eigenvalue weighted by Gasteiger charge is -2.17. The molecule has 1 saturated heterocycles. The van der Waals surface area contributed by atoms with Gasteiger partial charge in [-0.05, 0) is 62.6 Å². The van der Waals surface area contributed by atoms with Crippen LogP contribution in [0.5, 0.6) is 0 Å². The predicted molar refractivity (Wildman–Crippen MR) is 80.3 cm³/mol. The van der Waals surface area contributed by atoms with Gasteiger partial charge in [-0.15, -0.1) is 0 Å². The van der Waals surface area contributed by atoms with Crippen molar-refractivity contribution in [1.82, 2.24) is 0 Å². The Kier molecular flexibility index (Phi) is 5.87. The summed E-state index contributed by atoms with van der Waals surface area (Å²) < 4.78 is 5.67. The molecule has 0 bridgehead atoms. The standard InChI is InChI=1S/C17H27NO/c1-14-6-2-3-8-16(14)12-15(13-18)7-4-9-17-10-5-11-19-17/h2-3,6,8,15,17H,4-5,7,9-13,18H2,1H3. The van der Waals surface area contributed by atoms with Crippen LogP contribution in [-0.2, 0) is 11.2 Å². The van der Waals surface area contributed by atoms with Gasteiger partial charge < -0.3 is 10.5 Å². The van der Waals surface area contributed by atoms with E-state index >= 15 is 0 Å². The SMILES string of the molecule is Cc1ccccc1CC(CN)CCCC1CCCO1. The number of hydrogen-bond donors (Lipinski definition) is 1. The van der Waals surface area contributed by atoms with Crippen LogP contribution in [0.15, 0.2) is 24.3 Å². The van der Waals surface area contributed by atoms with Gasteiger partial charge in [0.05, 0.1) is 6.10 Å². The average molecular weight is 261 g/mol. The summed E-state index contributed by atoms with van der Waals surface area (Å²) in [4.78, 5) is 0. The lowest BCUT2D eigenvalue weighted by Crippen LogP contribution is -2.18. The van der Waals surface area contributed by atoms with Crippen molar-refractivity contribution in [3.63, 3.8) is 0 Å². The summed E-state index contributed by atoms with van der Waals surface area (Å²) in [7, 11) is 0. The van der Waals surface area contributed by atoms with Crippen LogP contribution in [0.2, 0.25) is 0 Å². The van der Waals surface area contributed by atoms with Gasteiger partial charge in [0.1, 0.15) is 0 Å². The second-order valence-corrected chi connectivity index (χ2v) is 5.80.